The molecule has 0 atom stereocenters. The molecule has 1 aliphatic heterocycles. The first-order valence-corrected chi connectivity index (χ1v) is 9.92. The Hall–Kier alpha value is -3.61. The van der Waals surface area contributed by atoms with Gasteiger partial charge in [0.05, 0.1) is 28.4 Å². The van der Waals surface area contributed by atoms with Crippen molar-refractivity contribution in [2.24, 2.45) is 0 Å². The van der Waals surface area contributed by atoms with Gasteiger partial charge in [-0.05, 0) is 53.9 Å². The van der Waals surface area contributed by atoms with E-state index in [2.05, 4.69) is 0 Å². The van der Waals surface area contributed by atoms with Crippen molar-refractivity contribution in [3.63, 3.8) is 0 Å². The van der Waals surface area contributed by atoms with Crippen LogP contribution in [0.25, 0.3) is 11.3 Å². The normalized spacial score (nSPS) is 12.8. The minimum atomic E-state index is -0.151. The van der Waals surface area contributed by atoms with Crippen molar-refractivity contribution in [1.29, 1.82) is 0 Å². The molecule has 0 saturated heterocycles. The summed E-state index contributed by atoms with van der Waals surface area (Å²) in [5.41, 5.74) is 2.97. The van der Waals surface area contributed by atoms with E-state index in [0.29, 0.717) is 47.6 Å². The molecule has 7 nitrogen and oxygen atoms in total. The van der Waals surface area contributed by atoms with Crippen LogP contribution < -0.4 is 18.9 Å². The van der Waals surface area contributed by atoms with E-state index in [-0.39, 0.29) is 5.91 Å². The number of carbonyl (C=O) groups is 1. The fourth-order valence-corrected chi connectivity index (χ4v) is 3.77. The van der Waals surface area contributed by atoms with Crippen molar-refractivity contribution in [2.75, 3.05) is 35.0 Å². The van der Waals surface area contributed by atoms with Crippen LogP contribution in [0.2, 0.25) is 0 Å². The molecule has 7 heteroatoms. The van der Waals surface area contributed by atoms with Crippen LogP contribution in [0.15, 0.2) is 46.9 Å². The number of ether oxygens (including phenoxy) is 4. The summed E-state index contributed by atoms with van der Waals surface area (Å²) in [6, 6.07) is 12.9. The molecule has 2 heterocycles. The standard InChI is InChI=1S/C24H25NO6/c1-27-18-9-16(10-19(13-18)28-2)20-5-6-21(31-20)24(26)25-8-7-15-11-22(29-3)23(30-4)12-17(15)14-25/h5-6,9-13H,7-8,14H2,1-4H3. The number of benzene rings is 2. The average molecular weight is 423 g/mol. The molecule has 31 heavy (non-hydrogen) atoms. The number of methoxy groups -OCH3 is 4. The van der Waals surface area contributed by atoms with E-state index in [9.17, 15) is 4.79 Å². The fraction of sp³-hybridized carbons (Fsp3) is 0.292. The highest BCUT2D eigenvalue weighted by atomic mass is 16.5. The first kappa shape index (κ1) is 20.7. The molecule has 162 valence electrons. The minimum Gasteiger partial charge on any atom is -0.497 e. The van der Waals surface area contributed by atoms with Crippen LogP contribution in [0, 0.1) is 0 Å². The Morgan fingerprint density at radius 3 is 2.10 bits per heavy atom. The highest BCUT2D eigenvalue weighted by molar-refractivity contribution is 5.92. The summed E-state index contributed by atoms with van der Waals surface area (Å²) in [6.45, 7) is 1.09. The van der Waals surface area contributed by atoms with Gasteiger partial charge in [-0.1, -0.05) is 0 Å². The zero-order chi connectivity index (χ0) is 22.0. The number of hydrogen-bond acceptors (Lipinski definition) is 6. The third-order valence-electron chi connectivity index (χ3n) is 5.46. The van der Waals surface area contributed by atoms with Crippen molar-refractivity contribution < 1.29 is 28.2 Å². The lowest BCUT2D eigenvalue weighted by atomic mass is 9.98. The highest BCUT2D eigenvalue weighted by Gasteiger charge is 2.26. The summed E-state index contributed by atoms with van der Waals surface area (Å²) in [7, 11) is 6.41. The molecule has 0 fully saturated rings. The van der Waals surface area contributed by atoms with Crippen molar-refractivity contribution in [1.82, 2.24) is 4.90 Å². The van der Waals surface area contributed by atoms with Crippen molar-refractivity contribution in [3.8, 4) is 34.3 Å². The summed E-state index contributed by atoms with van der Waals surface area (Å²) in [6.07, 6.45) is 0.738. The van der Waals surface area contributed by atoms with Crippen LogP contribution in [0.1, 0.15) is 21.7 Å². The van der Waals surface area contributed by atoms with Gasteiger partial charge in [-0.2, -0.15) is 0 Å². The molecular weight excluding hydrogens is 398 g/mol. The molecule has 0 radical (unpaired) electrons. The quantitative estimate of drug-likeness (QED) is 0.592. The third-order valence-corrected chi connectivity index (χ3v) is 5.46. The molecule has 0 bridgehead atoms. The van der Waals surface area contributed by atoms with E-state index in [1.54, 1.807) is 51.5 Å². The lowest BCUT2D eigenvalue weighted by Gasteiger charge is -2.29. The molecule has 0 aliphatic carbocycles. The molecule has 1 aromatic heterocycles. The smallest absolute Gasteiger partial charge is 0.289 e. The molecule has 4 rings (SSSR count). The van der Waals surface area contributed by atoms with Gasteiger partial charge in [-0.15, -0.1) is 0 Å². The Morgan fingerprint density at radius 2 is 1.48 bits per heavy atom. The van der Waals surface area contributed by atoms with Gasteiger partial charge in [0.15, 0.2) is 17.3 Å². The van der Waals surface area contributed by atoms with E-state index in [0.717, 1.165) is 23.1 Å². The van der Waals surface area contributed by atoms with Crippen molar-refractivity contribution in [3.05, 3.63) is 59.4 Å². The maximum absolute atomic E-state index is 13.1. The summed E-state index contributed by atoms with van der Waals surface area (Å²) < 4.78 is 27.3. The predicted octanol–water partition coefficient (Wildman–Crippen LogP) is 4.18. The number of carbonyl (C=O) groups excluding carboxylic acids is 1. The second-order valence-electron chi connectivity index (χ2n) is 7.22. The maximum Gasteiger partial charge on any atom is 0.289 e. The van der Waals surface area contributed by atoms with Gasteiger partial charge in [-0.25, -0.2) is 0 Å². The Bertz CT molecular complexity index is 1080. The molecule has 1 aliphatic rings. The highest BCUT2D eigenvalue weighted by Crippen LogP contribution is 2.34. The van der Waals surface area contributed by atoms with Crippen molar-refractivity contribution >= 4 is 5.91 Å². The van der Waals surface area contributed by atoms with E-state index in [4.69, 9.17) is 23.4 Å². The largest absolute Gasteiger partial charge is 0.497 e. The van der Waals surface area contributed by atoms with Crippen LogP contribution in [-0.4, -0.2) is 45.8 Å². The SMILES string of the molecule is COc1cc(OC)cc(-c2ccc(C(=O)N3CCc4cc(OC)c(OC)cc4C3)o2)c1. The second kappa shape index (κ2) is 8.63. The predicted molar refractivity (Wildman–Crippen MR) is 115 cm³/mol. The Labute approximate surface area is 181 Å². The second-order valence-corrected chi connectivity index (χ2v) is 7.22. The maximum atomic E-state index is 13.1. The van der Waals surface area contributed by atoms with Gasteiger partial charge in [0.25, 0.3) is 5.91 Å². The minimum absolute atomic E-state index is 0.151. The number of furan rings is 1. The van der Waals surface area contributed by atoms with Gasteiger partial charge >= 0.3 is 0 Å². The van der Waals surface area contributed by atoms with Crippen LogP contribution >= 0.6 is 0 Å². The van der Waals surface area contributed by atoms with Gasteiger partial charge in [-0.3, -0.25) is 4.79 Å². The molecule has 0 saturated carbocycles. The summed E-state index contributed by atoms with van der Waals surface area (Å²) in [5, 5.41) is 0. The molecule has 0 spiro atoms. The van der Waals surface area contributed by atoms with Crippen LogP contribution in [-0.2, 0) is 13.0 Å². The first-order valence-electron chi connectivity index (χ1n) is 9.92. The zero-order valence-corrected chi connectivity index (χ0v) is 18.1. The Balaban J connectivity index is 1.56. The topological polar surface area (TPSA) is 70.4 Å². The van der Waals surface area contributed by atoms with Crippen LogP contribution in [0.5, 0.6) is 23.0 Å². The van der Waals surface area contributed by atoms with Gasteiger partial charge in [0.2, 0.25) is 0 Å². The third kappa shape index (κ3) is 4.03. The van der Waals surface area contributed by atoms with E-state index in [1.165, 1.54) is 0 Å². The van der Waals surface area contributed by atoms with Gasteiger partial charge in [0.1, 0.15) is 17.3 Å². The van der Waals surface area contributed by atoms with E-state index >= 15 is 0 Å². The van der Waals surface area contributed by atoms with Gasteiger partial charge < -0.3 is 28.3 Å². The fourth-order valence-electron chi connectivity index (χ4n) is 3.77. The zero-order valence-electron chi connectivity index (χ0n) is 18.1. The number of hydrogen-bond donors (Lipinski definition) is 0. The molecule has 0 unspecified atom stereocenters. The Morgan fingerprint density at radius 1 is 0.839 bits per heavy atom. The number of fused-ring (bicyclic) bond motifs is 1. The number of amides is 1. The summed E-state index contributed by atoms with van der Waals surface area (Å²) in [5.74, 6) is 3.37. The number of rotatable bonds is 6. The van der Waals surface area contributed by atoms with E-state index < -0.39 is 0 Å². The molecule has 3 aromatic rings. The number of nitrogens with zero attached hydrogens (tertiary/aromatic N) is 1. The molecule has 1 amide bonds. The van der Waals surface area contributed by atoms with Gasteiger partial charge in [0, 0.05) is 24.7 Å². The molecule has 2 aromatic carbocycles. The van der Waals surface area contributed by atoms with E-state index in [1.807, 2.05) is 24.3 Å². The summed E-state index contributed by atoms with van der Waals surface area (Å²) >= 11 is 0. The molecule has 0 N–H and O–H groups in total. The Kier molecular flexibility index (Phi) is 5.75. The van der Waals surface area contributed by atoms with Crippen LogP contribution in [0.4, 0.5) is 0 Å². The molecular formula is C24H25NO6. The van der Waals surface area contributed by atoms with Crippen molar-refractivity contribution in [2.45, 2.75) is 13.0 Å². The average Bonchev–Trinajstić information content (AvgIpc) is 3.32. The summed E-state index contributed by atoms with van der Waals surface area (Å²) in [4.78, 5) is 14.9. The monoisotopic (exact) mass is 423 g/mol. The lowest BCUT2D eigenvalue weighted by molar-refractivity contribution is 0.0703. The lowest BCUT2D eigenvalue weighted by Crippen LogP contribution is -2.35. The van der Waals surface area contributed by atoms with Crippen LogP contribution in [0.3, 0.4) is 0 Å². The first-order chi connectivity index (χ1) is 15.1.